The summed E-state index contributed by atoms with van der Waals surface area (Å²) in [6, 6.07) is 2.06. The molecule has 16 heteroatoms. The van der Waals surface area contributed by atoms with E-state index in [0.717, 1.165) is 16.4 Å². The third kappa shape index (κ3) is 4.65. The van der Waals surface area contributed by atoms with Gasteiger partial charge in [-0.1, -0.05) is 5.16 Å². The lowest BCUT2D eigenvalue weighted by molar-refractivity contribution is -0.689. The molecule has 4 heterocycles. The Morgan fingerprint density at radius 2 is 2.09 bits per heavy atom. The molecule has 1 fully saturated rings. The summed E-state index contributed by atoms with van der Waals surface area (Å²) >= 11 is 2.17. The highest BCUT2D eigenvalue weighted by molar-refractivity contribution is 8.00. The van der Waals surface area contributed by atoms with Crippen LogP contribution < -0.4 is 21.4 Å². The summed E-state index contributed by atoms with van der Waals surface area (Å²) in [5, 5.41) is 15.5. The molecule has 3 amide bonds. The zero-order valence-electron chi connectivity index (χ0n) is 18.1. The Hall–Kier alpha value is -4.05. The van der Waals surface area contributed by atoms with Crippen molar-refractivity contribution >= 4 is 57.8 Å². The number of oxime groups is 1. The molecule has 1 saturated heterocycles. The van der Waals surface area contributed by atoms with Gasteiger partial charge in [-0.2, -0.15) is 9.36 Å². The van der Waals surface area contributed by atoms with Gasteiger partial charge in [0.2, 0.25) is 17.4 Å². The second-order valence-electron chi connectivity index (χ2n) is 7.32. The van der Waals surface area contributed by atoms with Crippen molar-refractivity contribution in [1.82, 2.24) is 19.6 Å². The minimum Gasteiger partial charge on any atom is -0.477 e. The number of rotatable bonds is 8. The summed E-state index contributed by atoms with van der Waals surface area (Å²) in [5.41, 5.74) is 11.2. The highest BCUT2D eigenvalue weighted by atomic mass is 32.2. The van der Waals surface area contributed by atoms with Crippen molar-refractivity contribution in [1.29, 1.82) is 0 Å². The highest BCUT2D eigenvalue weighted by Crippen LogP contribution is 2.40. The number of aromatic nitrogens is 3. The Balaban J connectivity index is 1.52. The predicted octanol–water partition coefficient (Wildman–Crippen LogP) is -1.70. The number of amides is 3. The van der Waals surface area contributed by atoms with Crippen LogP contribution in [0.15, 0.2) is 41.0 Å². The molecule has 0 bridgehead atoms. The number of nitrogens with one attached hydrogen (secondary N) is 1. The number of pyridine rings is 1. The molecule has 0 aromatic carbocycles. The van der Waals surface area contributed by atoms with Crippen LogP contribution in [0.5, 0.6) is 0 Å². The van der Waals surface area contributed by atoms with Gasteiger partial charge in [-0.05, 0) is 0 Å². The molecule has 2 aliphatic rings. The van der Waals surface area contributed by atoms with E-state index in [2.05, 4.69) is 19.8 Å². The molecule has 0 aliphatic carbocycles. The van der Waals surface area contributed by atoms with Crippen LogP contribution in [-0.4, -0.2) is 73.0 Å². The van der Waals surface area contributed by atoms with Gasteiger partial charge in [0.15, 0.2) is 24.1 Å². The van der Waals surface area contributed by atoms with Crippen LogP contribution >= 0.6 is 23.3 Å². The van der Waals surface area contributed by atoms with Gasteiger partial charge in [-0.3, -0.25) is 19.3 Å². The van der Waals surface area contributed by atoms with Crippen LogP contribution in [0, 0.1) is 0 Å². The molecule has 2 atom stereocenters. The van der Waals surface area contributed by atoms with E-state index in [4.69, 9.17) is 16.3 Å². The molecule has 4 rings (SSSR count). The first-order valence-electron chi connectivity index (χ1n) is 9.91. The number of anilines is 1. The number of fused-ring (bicyclic) bond motifs is 1. The summed E-state index contributed by atoms with van der Waals surface area (Å²) in [7, 11) is 1.24. The van der Waals surface area contributed by atoms with Crippen molar-refractivity contribution in [2.75, 3.05) is 18.6 Å². The lowest BCUT2D eigenvalue weighted by Gasteiger charge is -2.49. The molecule has 0 radical (unpaired) electrons. The fourth-order valence-corrected chi connectivity index (χ4v) is 5.34. The van der Waals surface area contributed by atoms with Gasteiger partial charge >= 0.3 is 5.97 Å². The summed E-state index contributed by atoms with van der Waals surface area (Å²) in [5.74, 6) is -2.94. The highest BCUT2D eigenvalue weighted by Gasteiger charge is 2.54. The number of nitrogens with zero attached hydrogens (tertiary/aromatic N) is 5. The molecular weight excluding hydrogens is 500 g/mol. The third-order valence-corrected chi connectivity index (χ3v) is 7.02. The lowest BCUT2D eigenvalue weighted by atomic mass is 10.0. The van der Waals surface area contributed by atoms with E-state index in [1.54, 1.807) is 17.0 Å². The van der Waals surface area contributed by atoms with Crippen LogP contribution in [0.4, 0.5) is 5.13 Å². The Morgan fingerprint density at radius 3 is 2.66 bits per heavy atom. The average Bonchev–Trinajstić information content (AvgIpc) is 3.26. The number of β-lactam (4-membered cyclic amide) rings is 1. The number of carbonyl (C=O) groups is 4. The maximum atomic E-state index is 12.9. The molecule has 35 heavy (non-hydrogen) atoms. The maximum absolute atomic E-state index is 12.9. The minimum absolute atomic E-state index is 0.0560. The van der Waals surface area contributed by atoms with Crippen molar-refractivity contribution in [3.63, 3.8) is 0 Å². The molecule has 14 nitrogen and oxygen atoms in total. The zero-order chi connectivity index (χ0) is 25.3. The summed E-state index contributed by atoms with van der Waals surface area (Å²) in [6.07, 6.45) is 3.19. The Bertz CT molecular complexity index is 1270. The first-order chi connectivity index (χ1) is 16.7. The van der Waals surface area contributed by atoms with Gasteiger partial charge in [-0.15, -0.1) is 11.8 Å². The third-order valence-electron chi connectivity index (χ3n) is 5.14. The van der Waals surface area contributed by atoms with Crippen LogP contribution in [0.25, 0.3) is 0 Å². The Kier molecular flexibility index (Phi) is 6.65. The van der Waals surface area contributed by atoms with E-state index in [1.807, 2.05) is 0 Å². The lowest BCUT2D eigenvalue weighted by Crippen LogP contribution is -2.71. The molecule has 2 aromatic rings. The number of carboxylic acid groups (broad SMARTS) is 1. The fourth-order valence-electron chi connectivity index (χ4n) is 3.57. The van der Waals surface area contributed by atoms with Crippen LogP contribution in [-0.2, 0) is 25.8 Å². The largest absolute Gasteiger partial charge is 0.477 e. The number of carbonyl (C=O) groups excluding carboxylic acids is 3. The monoisotopic (exact) mass is 519 g/mol. The van der Waals surface area contributed by atoms with E-state index >= 15 is 0 Å². The minimum atomic E-state index is -1.26. The number of nitrogens with two attached hydrogens (primary N) is 2. The van der Waals surface area contributed by atoms with Crippen molar-refractivity contribution in [2.24, 2.45) is 10.9 Å². The van der Waals surface area contributed by atoms with Crippen molar-refractivity contribution in [3.8, 4) is 0 Å². The average molecular weight is 520 g/mol. The van der Waals surface area contributed by atoms with E-state index < -0.39 is 35.1 Å². The van der Waals surface area contributed by atoms with Gasteiger partial charge in [0.1, 0.15) is 24.2 Å². The Morgan fingerprint density at radius 1 is 1.37 bits per heavy atom. The van der Waals surface area contributed by atoms with Crippen molar-refractivity contribution < 1.29 is 33.7 Å². The molecule has 1 unspecified atom stereocenters. The van der Waals surface area contributed by atoms with Crippen molar-refractivity contribution in [3.05, 3.63) is 47.2 Å². The normalized spacial score (nSPS) is 19.6. The molecule has 6 N–H and O–H groups in total. The quantitative estimate of drug-likeness (QED) is 0.134. The van der Waals surface area contributed by atoms with Crippen molar-refractivity contribution in [2.45, 2.75) is 18.0 Å². The number of aliphatic carboxylic acids is 1. The smallest absolute Gasteiger partial charge is 0.352 e. The molecule has 2 aromatic heterocycles. The predicted molar refractivity (Wildman–Crippen MR) is 123 cm³/mol. The number of thioether (sulfide) groups is 1. The van der Waals surface area contributed by atoms with Crippen LogP contribution in [0.1, 0.15) is 16.2 Å². The topological polar surface area (TPSA) is 207 Å². The van der Waals surface area contributed by atoms with Gasteiger partial charge in [0.25, 0.3) is 11.8 Å². The fraction of sp³-hybridized carbons (Fsp3) is 0.263. The van der Waals surface area contributed by atoms with Crippen LogP contribution in [0.2, 0.25) is 0 Å². The van der Waals surface area contributed by atoms with Crippen LogP contribution in [0.3, 0.4) is 0 Å². The van der Waals surface area contributed by atoms with E-state index in [9.17, 15) is 24.3 Å². The van der Waals surface area contributed by atoms with E-state index in [-0.39, 0.29) is 28.9 Å². The number of hydrogen-bond donors (Lipinski definition) is 4. The summed E-state index contributed by atoms with van der Waals surface area (Å²) in [4.78, 5) is 58.8. The molecular formula is C19H19N8O6S2+. The van der Waals surface area contributed by atoms with Gasteiger partial charge in [0, 0.05) is 35.0 Å². The standard InChI is InChI=1S/C19H18N8O6S2/c1-33-24-10(14-23-19(21)35-25-14)15(29)22-11-16(30)27-12(18(31)32)9(7-34-17(11)27)6-26-4-2-8(3-5-26)13(20)28/h2-5,11,17H,6-7H2,1H3,(H5-,20,21,22,23,25,28,29,31,32)/p+1/t11?,17-/m1/s1. The molecule has 182 valence electrons. The van der Waals surface area contributed by atoms with Gasteiger partial charge in [0.05, 0.1) is 5.56 Å². The molecule has 2 aliphatic heterocycles. The second kappa shape index (κ2) is 9.67. The summed E-state index contributed by atoms with van der Waals surface area (Å²) in [6.45, 7) is 0.183. The summed E-state index contributed by atoms with van der Waals surface area (Å²) < 4.78 is 5.60. The second-order valence-corrected chi connectivity index (χ2v) is 9.21. The first-order valence-corrected chi connectivity index (χ1v) is 11.7. The van der Waals surface area contributed by atoms with Gasteiger partial charge in [-0.25, -0.2) is 9.36 Å². The van der Waals surface area contributed by atoms with Gasteiger partial charge < -0.3 is 26.7 Å². The maximum Gasteiger partial charge on any atom is 0.352 e. The SMILES string of the molecule is CON=C(C(=O)NC1C(=O)N2C(C(=O)O)=C(C[n+]3ccc(C(N)=O)cc3)CS[C@H]12)c1nsc(N)n1. The zero-order valence-corrected chi connectivity index (χ0v) is 19.7. The van der Waals surface area contributed by atoms with E-state index in [0.29, 0.717) is 16.9 Å². The molecule has 0 saturated carbocycles. The number of primary amides is 1. The number of carboxylic acids is 1. The van der Waals surface area contributed by atoms with E-state index in [1.165, 1.54) is 31.0 Å². The molecule has 0 spiro atoms. The number of nitrogen functional groups attached to an aromatic ring is 1. The Labute approximate surface area is 205 Å². The first kappa shape index (κ1) is 24.1. The number of hydrogen-bond acceptors (Lipinski definition) is 11.